The number of aliphatic hydroxyl groups excluding tert-OH is 1. The summed E-state index contributed by atoms with van der Waals surface area (Å²) in [5.74, 6) is -0.437. The number of nitro groups is 1. The van der Waals surface area contributed by atoms with Gasteiger partial charge in [0.1, 0.15) is 0 Å². The molecule has 0 unspecified atom stereocenters. The number of nitrogens with zero attached hydrogens (tertiary/aromatic N) is 2. The first kappa shape index (κ1) is 14.3. The number of rotatable bonds is 6. The predicted molar refractivity (Wildman–Crippen MR) is 61.2 cm³/mol. The van der Waals surface area contributed by atoms with E-state index in [0.29, 0.717) is 0 Å². The maximum Gasteiger partial charge on any atom is 0.306 e. The Balaban J connectivity index is 3.31. The monoisotopic (exact) mass is 276 g/mol. The number of pyridine rings is 1. The molecule has 100 valence electrons. The molecule has 0 aliphatic carbocycles. The third-order valence-corrected chi connectivity index (χ3v) is 3.80. The van der Waals surface area contributed by atoms with Gasteiger partial charge in [-0.05, 0) is 6.42 Å². The molecule has 1 rings (SSSR count). The molecule has 0 fully saturated rings. The van der Waals surface area contributed by atoms with Crippen molar-refractivity contribution in [3.8, 4) is 5.88 Å². The van der Waals surface area contributed by atoms with E-state index in [1.807, 2.05) is 0 Å². The molecule has 0 radical (unpaired) electrons. The highest BCUT2D eigenvalue weighted by Gasteiger charge is 2.28. The summed E-state index contributed by atoms with van der Waals surface area (Å²) >= 11 is 0. The summed E-state index contributed by atoms with van der Waals surface area (Å²) in [5, 5.41) is 18.7. The molecule has 0 spiro atoms. The Hall–Kier alpha value is -1.74. The molecular weight excluding hydrogens is 264 g/mol. The second kappa shape index (κ2) is 5.74. The van der Waals surface area contributed by atoms with Crippen molar-refractivity contribution in [3.63, 3.8) is 0 Å². The summed E-state index contributed by atoms with van der Waals surface area (Å²) in [6, 6.07) is 2.24. The van der Waals surface area contributed by atoms with Crippen molar-refractivity contribution in [1.29, 1.82) is 0 Å². The van der Waals surface area contributed by atoms with Crippen LogP contribution in [0, 0.1) is 10.1 Å². The van der Waals surface area contributed by atoms with Crippen LogP contribution in [0.5, 0.6) is 5.88 Å². The number of hydrogen-bond acceptors (Lipinski definition) is 7. The normalized spacial score (nSPS) is 11.2. The first-order chi connectivity index (χ1) is 8.42. The first-order valence-electron chi connectivity index (χ1n) is 4.95. The third kappa shape index (κ3) is 3.14. The van der Waals surface area contributed by atoms with Crippen LogP contribution in [0.4, 0.5) is 5.69 Å². The van der Waals surface area contributed by atoms with Gasteiger partial charge in [-0.2, -0.15) is 4.98 Å². The van der Waals surface area contributed by atoms with E-state index in [4.69, 9.17) is 9.84 Å². The molecular formula is C9H12N2O6S. The standard InChI is InChI=1S/C9H12N2O6S/c1-17-8-4-3-7(11(13)14)9(10-8)18(15,16)6-2-5-12/h3-4,12H,2,5-6H2,1H3. The lowest BCUT2D eigenvalue weighted by atomic mass is 10.4. The lowest BCUT2D eigenvalue weighted by Gasteiger charge is -2.05. The van der Waals surface area contributed by atoms with Crippen LogP contribution in [-0.2, 0) is 9.84 Å². The van der Waals surface area contributed by atoms with E-state index in [1.54, 1.807) is 0 Å². The second-order valence-corrected chi connectivity index (χ2v) is 5.36. The lowest BCUT2D eigenvalue weighted by Crippen LogP contribution is -2.13. The minimum absolute atomic E-state index is 0.0155. The maximum absolute atomic E-state index is 11.9. The van der Waals surface area contributed by atoms with Gasteiger partial charge in [0, 0.05) is 18.7 Å². The van der Waals surface area contributed by atoms with Crippen molar-refractivity contribution >= 4 is 15.5 Å². The summed E-state index contributed by atoms with van der Waals surface area (Å²) < 4.78 is 28.4. The van der Waals surface area contributed by atoms with Crippen LogP contribution in [0.2, 0.25) is 0 Å². The van der Waals surface area contributed by atoms with Gasteiger partial charge in [-0.25, -0.2) is 8.42 Å². The van der Waals surface area contributed by atoms with Crippen LogP contribution in [0.15, 0.2) is 17.2 Å². The minimum Gasteiger partial charge on any atom is -0.481 e. The van der Waals surface area contributed by atoms with Crippen molar-refractivity contribution in [1.82, 2.24) is 4.98 Å². The Kier molecular flexibility index (Phi) is 4.56. The van der Waals surface area contributed by atoms with Crippen molar-refractivity contribution in [3.05, 3.63) is 22.2 Å². The molecule has 0 atom stereocenters. The van der Waals surface area contributed by atoms with E-state index in [9.17, 15) is 18.5 Å². The first-order valence-corrected chi connectivity index (χ1v) is 6.60. The van der Waals surface area contributed by atoms with Crippen LogP contribution in [-0.4, -0.2) is 42.9 Å². The van der Waals surface area contributed by atoms with E-state index >= 15 is 0 Å². The number of aromatic nitrogens is 1. The number of sulfone groups is 1. The van der Waals surface area contributed by atoms with Crippen molar-refractivity contribution in [2.45, 2.75) is 11.4 Å². The van der Waals surface area contributed by atoms with E-state index in [0.717, 1.165) is 6.07 Å². The molecule has 1 heterocycles. The Bertz CT molecular complexity index is 542. The van der Waals surface area contributed by atoms with E-state index < -0.39 is 31.2 Å². The second-order valence-electron chi connectivity index (χ2n) is 3.33. The van der Waals surface area contributed by atoms with Gasteiger partial charge in [-0.1, -0.05) is 0 Å². The smallest absolute Gasteiger partial charge is 0.306 e. The van der Waals surface area contributed by atoms with Gasteiger partial charge in [0.25, 0.3) is 0 Å². The lowest BCUT2D eigenvalue weighted by molar-refractivity contribution is -0.388. The summed E-state index contributed by atoms with van der Waals surface area (Å²) in [4.78, 5) is 13.5. The van der Waals surface area contributed by atoms with Crippen LogP contribution in [0.25, 0.3) is 0 Å². The van der Waals surface area contributed by atoms with Gasteiger partial charge in [0.05, 0.1) is 17.8 Å². The highest BCUT2D eigenvalue weighted by molar-refractivity contribution is 7.91. The van der Waals surface area contributed by atoms with Crippen LogP contribution in [0.3, 0.4) is 0 Å². The summed E-state index contributed by atoms with van der Waals surface area (Å²) in [6.07, 6.45) is -0.0155. The van der Waals surface area contributed by atoms with Gasteiger partial charge in [0.15, 0.2) is 0 Å². The van der Waals surface area contributed by atoms with E-state index in [2.05, 4.69) is 4.98 Å². The zero-order valence-corrected chi connectivity index (χ0v) is 10.4. The van der Waals surface area contributed by atoms with Gasteiger partial charge in [-0.15, -0.1) is 0 Å². The Morgan fingerprint density at radius 3 is 2.67 bits per heavy atom. The Morgan fingerprint density at radius 1 is 1.50 bits per heavy atom. The van der Waals surface area contributed by atoms with Gasteiger partial charge in [-0.3, -0.25) is 10.1 Å². The predicted octanol–water partition coefficient (Wildman–Crippen LogP) is 0.154. The number of aliphatic hydroxyl groups is 1. The molecule has 0 aliphatic heterocycles. The van der Waals surface area contributed by atoms with Crippen molar-refractivity contribution < 1.29 is 23.2 Å². The van der Waals surface area contributed by atoms with Gasteiger partial charge in [0.2, 0.25) is 20.7 Å². The SMILES string of the molecule is COc1ccc([N+](=O)[O-])c(S(=O)(=O)CCCO)n1. The molecule has 1 N–H and O–H groups in total. The fraction of sp³-hybridized carbons (Fsp3) is 0.444. The van der Waals surface area contributed by atoms with Crippen LogP contribution in [0.1, 0.15) is 6.42 Å². The number of methoxy groups -OCH3 is 1. The Morgan fingerprint density at radius 2 is 2.17 bits per heavy atom. The highest BCUT2D eigenvalue weighted by Crippen LogP contribution is 2.25. The molecule has 0 saturated heterocycles. The highest BCUT2D eigenvalue weighted by atomic mass is 32.2. The quantitative estimate of drug-likeness (QED) is 0.580. The Labute approximate surface area is 103 Å². The molecule has 0 bridgehead atoms. The molecule has 0 amide bonds. The summed E-state index contributed by atoms with van der Waals surface area (Å²) in [5.41, 5.74) is -0.603. The fourth-order valence-electron chi connectivity index (χ4n) is 1.25. The number of hydrogen-bond donors (Lipinski definition) is 1. The van der Waals surface area contributed by atoms with Crippen molar-refractivity contribution in [2.75, 3.05) is 19.5 Å². The molecule has 0 aromatic carbocycles. The van der Waals surface area contributed by atoms with Gasteiger partial charge < -0.3 is 9.84 Å². The van der Waals surface area contributed by atoms with Crippen LogP contribution < -0.4 is 4.74 Å². The molecule has 0 aliphatic rings. The molecule has 1 aromatic heterocycles. The van der Waals surface area contributed by atoms with E-state index in [-0.39, 0.29) is 18.9 Å². The van der Waals surface area contributed by atoms with E-state index in [1.165, 1.54) is 13.2 Å². The molecule has 0 saturated carbocycles. The topological polar surface area (TPSA) is 120 Å². The molecule has 8 nitrogen and oxygen atoms in total. The van der Waals surface area contributed by atoms with Gasteiger partial charge >= 0.3 is 5.69 Å². The largest absolute Gasteiger partial charge is 0.481 e. The van der Waals surface area contributed by atoms with Crippen molar-refractivity contribution in [2.24, 2.45) is 0 Å². The summed E-state index contributed by atoms with van der Waals surface area (Å²) in [7, 11) is -2.65. The molecule has 9 heteroatoms. The number of ether oxygens (including phenoxy) is 1. The van der Waals surface area contributed by atoms with Crippen LogP contribution >= 0.6 is 0 Å². The third-order valence-electron chi connectivity index (χ3n) is 2.09. The summed E-state index contributed by atoms with van der Waals surface area (Å²) in [6.45, 7) is -0.322. The molecule has 1 aromatic rings. The maximum atomic E-state index is 11.9. The molecule has 18 heavy (non-hydrogen) atoms. The minimum atomic E-state index is -3.92. The zero-order valence-electron chi connectivity index (χ0n) is 9.57. The fourth-order valence-corrected chi connectivity index (χ4v) is 2.64. The zero-order chi connectivity index (χ0) is 13.8. The average Bonchev–Trinajstić information content (AvgIpc) is 2.35. The average molecular weight is 276 g/mol.